The molecule has 0 amide bonds. The lowest BCUT2D eigenvalue weighted by Gasteiger charge is -2.20. The number of nitrogens with zero attached hydrogens (tertiary/aromatic N) is 2. The smallest absolute Gasteiger partial charge is 0.0683 e. The maximum absolute atomic E-state index is 4.49. The third kappa shape index (κ3) is 1.66. The molecule has 2 nitrogen and oxygen atoms in total. The van der Waals surface area contributed by atoms with E-state index in [9.17, 15) is 0 Å². The molecule has 0 aromatic carbocycles. The fourth-order valence-electron chi connectivity index (χ4n) is 2.14. The Morgan fingerprint density at radius 3 is 2.92 bits per heavy atom. The van der Waals surface area contributed by atoms with Crippen molar-refractivity contribution in [1.82, 2.24) is 9.78 Å². The summed E-state index contributed by atoms with van der Waals surface area (Å²) in [7, 11) is 1.98. The van der Waals surface area contributed by atoms with Crippen LogP contribution in [-0.4, -0.2) is 14.6 Å². The third-order valence-corrected chi connectivity index (χ3v) is 3.79. The molecule has 0 spiro atoms. The zero-order valence-electron chi connectivity index (χ0n) is 8.13. The van der Waals surface area contributed by atoms with Crippen LogP contribution in [0.3, 0.4) is 0 Å². The highest BCUT2D eigenvalue weighted by Gasteiger charge is 2.36. The van der Waals surface area contributed by atoms with Crippen molar-refractivity contribution in [3.05, 3.63) is 18.0 Å². The summed E-state index contributed by atoms with van der Waals surface area (Å²) in [4.78, 5) is 0.680. The molecule has 72 valence electrons. The van der Waals surface area contributed by atoms with Gasteiger partial charge in [0.25, 0.3) is 0 Å². The van der Waals surface area contributed by atoms with Crippen LogP contribution in [0.15, 0.2) is 12.3 Å². The van der Waals surface area contributed by atoms with Crippen LogP contribution in [-0.2, 0) is 12.5 Å². The van der Waals surface area contributed by atoms with Crippen LogP contribution in [0.4, 0.5) is 0 Å². The SMILES string of the molecule is Cn1ccc(C2(C)CCC(Br)C2)n1. The van der Waals surface area contributed by atoms with Gasteiger partial charge in [0.2, 0.25) is 0 Å². The first-order chi connectivity index (χ1) is 6.10. The highest BCUT2D eigenvalue weighted by Crippen LogP contribution is 2.42. The Balaban J connectivity index is 2.25. The molecule has 1 saturated carbocycles. The van der Waals surface area contributed by atoms with E-state index >= 15 is 0 Å². The number of hydrogen-bond acceptors (Lipinski definition) is 1. The Labute approximate surface area is 87.5 Å². The summed E-state index contributed by atoms with van der Waals surface area (Å²) < 4.78 is 1.89. The van der Waals surface area contributed by atoms with Gasteiger partial charge < -0.3 is 0 Å². The molecular formula is C10H15BrN2. The van der Waals surface area contributed by atoms with Crippen LogP contribution in [0.2, 0.25) is 0 Å². The van der Waals surface area contributed by atoms with Crippen LogP contribution in [0.25, 0.3) is 0 Å². The van der Waals surface area contributed by atoms with Crippen LogP contribution in [0, 0.1) is 0 Å². The van der Waals surface area contributed by atoms with Gasteiger partial charge in [0, 0.05) is 23.5 Å². The Hall–Kier alpha value is -0.310. The molecule has 1 aromatic rings. The highest BCUT2D eigenvalue weighted by atomic mass is 79.9. The number of alkyl halides is 1. The van der Waals surface area contributed by atoms with E-state index in [1.807, 2.05) is 17.9 Å². The Morgan fingerprint density at radius 2 is 2.46 bits per heavy atom. The van der Waals surface area contributed by atoms with Crippen molar-refractivity contribution in [3.8, 4) is 0 Å². The van der Waals surface area contributed by atoms with Crippen molar-refractivity contribution in [1.29, 1.82) is 0 Å². The third-order valence-electron chi connectivity index (χ3n) is 3.01. The van der Waals surface area contributed by atoms with Crippen LogP contribution in [0.1, 0.15) is 31.9 Å². The second-order valence-corrected chi connectivity index (χ2v) is 5.57. The first-order valence-electron chi connectivity index (χ1n) is 4.74. The Bertz CT molecular complexity index is 308. The molecule has 0 saturated heterocycles. The molecular weight excluding hydrogens is 228 g/mol. The molecule has 13 heavy (non-hydrogen) atoms. The zero-order valence-corrected chi connectivity index (χ0v) is 9.71. The zero-order chi connectivity index (χ0) is 9.47. The number of rotatable bonds is 1. The van der Waals surface area contributed by atoms with Crippen molar-refractivity contribution in [2.45, 2.75) is 36.4 Å². The van der Waals surface area contributed by atoms with Crippen LogP contribution >= 0.6 is 15.9 Å². The number of aryl methyl sites for hydroxylation is 1. The van der Waals surface area contributed by atoms with Crippen molar-refractivity contribution < 1.29 is 0 Å². The van der Waals surface area contributed by atoms with Gasteiger partial charge in [-0.15, -0.1) is 0 Å². The molecule has 2 unspecified atom stereocenters. The second-order valence-electron chi connectivity index (χ2n) is 4.28. The van der Waals surface area contributed by atoms with Gasteiger partial charge in [0.15, 0.2) is 0 Å². The van der Waals surface area contributed by atoms with Crippen molar-refractivity contribution >= 4 is 15.9 Å². The van der Waals surface area contributed by atoms with Gasteiger partial charge in [-0.2, -0.15) is 5.10 Å². The molecule has 1 aromatic heterocycles. The second kappa shape index (κ2) is 3.12. The molecule has 0 bridgehead atoms. The Morgan fingerprint density at radius 1 is 1.69 bits per heavy atom. The lowest BCUT2D eigenvalue weighted by Crippen LogP contribution is -2.18. The topological polar surface area (TPSA) is 17.8 Å². The molecule has 1 aliphatic rings. The van der Waals surface area contributed by atoms with E-state index in [2.05, 4.69) is 34.0 Å². The first kappa shape index (κ1) is 9.25. The lowest BCUT2D eigenvalue weighted by molar-refractivity contribution is 0.469. The van der Waals surface area contributed by atoms with Gasteiger partial charge in [-0.3, -0.25) is 4.68 Å². The predicted octanol–water partition coefficient (Wildman–Crippen LogP) is 2.63. The summed E-state index contributed by atoms with van der Waals surface area (Å²) in [6.45, 7) is 2.32. The summed E-state index contributed by atoms with van der Waals surface area (Å²) >= 11 is 3.68. The van der Waals surface area contributed by atoms with E-state index in [0.717, 1.165) is 0 Å². The first-order valence-corrected chi connectivity index (χ1v) is 5.66. The maximum atomic E-state index is 4.49. The number of hydrogen-bond donors (Lipinski definition) is 0. The van der Waals surface area contributed by atoms with Crippen molar-refractivity contribution in [2.75, 3.05) is 0 Å². The van der Waals surface area contributed by atoms with Crippen molar-refractivity contribution in [3.63, 3.8) is 0 Å². The molecule has 0 N–H and O–H groups in total. The van der Waals surface area contributed by atoms with Gasteiger partial charge in [-0.1, -0.05) is 22.9 Å². The van der Waals surface area contributed by atoms with Gasteiger partial charge in [0.05, 0.1) is 5.69 Å². The largest absolute Gasteiger partial charge is 0.276 e. The summed E-state index contributed by atoms with van der Waals surface area (Å²) in [5.41, 5.74) is 1.55. The van der Waals surface area contributed by atoms with Crippen LogP contribution in [0.5, 0.6) is 0 Å². The maximum Gasteiger partial charge on any atom is 0.0683 e. The molecule has 1 heterocycles. The van der Waals surface area contributed by atoms with Gasteiger partial charge in [0.1, 0.15) is 0 Å². The molecule has 0 aliphatic heterocycles. The van der Waals surface area contributed by atoms with E-state index in [4.69, 9.17) is 0 Å². The minimum atomic E-state index is 0.301. The van der Waals surface area contributed by atoms with E-state index in [1.54, 1.807) is 0 Å². The summed E-state index contributed by atoms with van der Waals surface area (Å²) in [6, 6.07) is 2.14. The van der Waals surface area contributed by atoms with Gasteiger partial charge in [-0.25, -0.2) is 0 Å². The quantitative estimate of drug-likeness (QED) is 0.693. The summed E-state index contributed by atoms with van der Waals surface area (Å²) in [5.74, 6) is 0. The van der Waals surface area contributed by atoms with Gasteiger partial charge in [-0.05, 0) is 25.3 Å². The Kier molecular flexibility index (Phi) is 2.22. The van der Waals surface area contributed by atoms with Crippen LogP contribution < -0.4 is 0 Å². The average molecular weight is 243 g/mol. The summed E-state index contributed by atoms with van der Waals surface area (Å²) in [5, 5.41) is 4.49. The monoisotopic (exact) mass is 242 g/mol. The number of halogens is 1. The fourth-order valence-corrected chi connectivity index (χ4v) is 3.08. The molecule has 2 atom stereocenters. The molecule has 2 rings (SSSR count). The minimum Gasteiger partial charge on any atom is -0.276 e. The highest BCUT2D eigenvalue weighted by molar-refractivity contribution is 9.09. The van der Waals surface area contributed by atoms with Crippen molar-refractivity contribution in [2.24, 2.45) is 7.05 Å². The molecule has 3 heteroatoms. The number of aromatic nitrogens is 2. The average Bonchev–Trinajstić information content (AvgIpc) is 2.60. The summed E-state index contributed by atoms with van der Waals surface area (Å²) in [6.07, 6.45) is 5.76. The standard InChI is InChI=1S/C10H15BrN2/c1-10(5-3-8(11)7-10)9-4-6-13(2)12-9/h4,6,8H,3,5,7H2,1-2H3. The van der Waals surface area contributed by atoms with E-state index < -0.39 is 0 Å². The predicted molar refractivity (Wildman–Crippen MR) is 57.1 cm³/mol. The fraction of sp³-hybridized carbons (Fsp3) is 0.700. The normalized spacial score (nSPS) is 33.9. The van der Waals surface area contributed by atoms with E-state index in [1.165, 1.54) is 25.0 Å². The minimum absolute atomic E-state index is 0.301. The van der Waals surface area contributed by atoms with E-state index in [-0.39, 0.29) is 0 Å². The molecule has 1 aliphatic carbocycles. The molecule has 0 radical (unpaired) electrons. The van der Waals surface area contributed by atoms with Gasteiger partial charge >= 0.3 is 0 Å². The lowest BCUT2D eigenvalue weighted by atomic mass is 9.85. The van der Waals surface area contributed by atoms with E-state index in [0.29, 0.717) is 10.2 Å². The molecule has 1 fully saturated rings.